The smallest absolute Gasteiger partial charge is 0.251 e. The molecule has 2 aliphatic heterocycles. The van der Waals surface area contributed by atoms with E-state index < -0.39 is 21.4 Å². The van der Waals surface area contributed by atoms with Crippen LogP contribution in [-0.2, 0) is 21.4 Å². The van der Waals surface area contributed by atoms with Crippen molar-refractivity contribution in [2.75, 3.05) is 37.6 Å². The summed E-state index contributed by atoms with van der Waals surface area (Å²) in [6.07, 6.45) is 1.46. The summed E-state index contributed by atoms with van der Waals surface area (Å²) in [5.41, 5.74) is 2.90. The molecule has 0 spiro atoms. The van der Waals surface area contributed by atoms with Crippen LogP contribution in [0.4, 0.5) is 5.69 Å². The molecule has 2 heterocycles. The maximum absolute atomic E-state index is 13.5. The number of piperazine rings is 1. The number of hydrogen-bond acceptors (Lipinski definition) is 5. The molecule has 0 aliphatic carbocycles. The molecule has 0 bridgehead atoms. The Morgan fingerprint density at radius 3 is 2.27 bits per heavy atom. The van der Waals surface area contributed by atoms with Gasteiger partial charge in [0.2, 0.25) is 10.0 Å². The first-order valence-electron chi connectivity index (χ1n) is 11.7. The van der Waals surface area contributed by atoms with Gasteiger partial charge in [-0.2, -0.15) is 4.31 Å². The Labute approximate surface area is 196 Å². The van der Waals surface area contributed by atoms with E-state index in [0.29, 0.717) is 45.7 Å². The van der Waals surface area contributed by atoms with E-state index in [-0.39, 0.29) is 5.91 Å². The van der Waals surface area contributed by atoms with Crippen molar-refractivity contribution in [1.29, 1.82) is 0 Å². The first-order valence-corrected chi connectivity index (χ1v) is 13.2. The minimum Gasteiger partial charge on any atom is -0.384 e. The first kappa shape index (κ1) is 23.7. The van der Waals surface area contributed by atoms with E-state index >= 15 is 0 Å². The fourth-order valence-corrected chi connectivity index (χ4v) is 6.75. The van der Waals surface area contributed by atoms with Gasteiger partial charge in [0.15, 0.2) is 0 Å². The fourth-order valence-electron chi connectivity index (χ4n) is 4.71. The van der Waals surface area contributed by atoms with Crippen LogP contribution < -0.4 is 4.90 Å². The number of hydrogen-bond donors (Lipinski definition) is 1. The van der Waals surface area contributed by atoms with Crippen LogP contribution in [0.2, 0.25) is 0 Å². The fraction of sp³-hybridized carbons (Fsp3) is 0.480. The number of rotatable bonds is 5. The number of carbonyl (C=O) groups excluding carboxylic acids is 1. The van der Waals surface area contributed by atoms with Crippen LogP contribution in [0, 0.1) is 0 Å². The van der Waals surface area contributed by atoms with Crippen LogP contribution in [0.5, 0.6) is 0 Å². The average molecular weight is 472 g/mol. The van der Waals surface area contributed by atoms with Crippen LogP contribution >= 0.6 is 0 Å². The maximum Gasteiger partial charge on any atom is 0.251 e. The molecule has 8 heteroatoms. The van der Waals surface area contributed by atoms with Gasteiger partial charge in [0.1, 0.15) is 11.4 Å². The van der Waals surface area contributed by atoms with E-state index in [0.717, 1.165) is 29.7 Å². The van der Waals surface area contributed by atoms with Crippen molar-refractivity contribution in [3.05, 3.63) is 65.7 Å². The molecule has 1 amide bonds. The second-order valence-electron chi connectivity index (χ2n) is 8.93. The van der Waals surface area contributed by atoms with E-state index in [1.54, 1.807) is 9.21 Å². The molecule has 2 aromatic rings. The predicted molar refractivity (Wildman–Crippen MR) is 129 cm³/mol. The Bertz CT molecular complexity index is 1030. The van der Waals surface area contributed by atoms with Crippen molar-refractivity contribution < 1.29 is 18.3 Å². The number of aliphatic hydroxyl groups is 1. The number of nitrogens with zero attached hydrogens (tertiary/aromatic N) is 3. The van der Waals surface area contributed by atoms with Gasteiger partial charge in [-0.05, 0) is 43.0 Å². The topological polar surface area (TPSA) is 81.2 Å². The van der Waals surface area contributed by atoms with Crippen LogP contribution in [0.25, 0.3) is 0 Å². The highest BCUT2D eigenvalue weighted by atomic mass is 32.2. The summed E-state index contributed by atoms with van der Waals surface area (Å²) in [4.78, 5) is 15.9. The largest absolute Gasteiger partial charge is 0.384 e. The van der Waals surface area contributed by atoms with Crippen molar-refractivity contribution >= 4 is 21.6 Å². The lowest BCUT2D eigenvalue weighted by molar-refractivity contribution is -0.139. The van der Waals surface area contributed by atoms with E-state index in [4.69, 9.17) is 0 Å². The molecule has 2 aromatic carbocycles. The monoisotopic (exact) mass is 471 g/mol. The van der Waals surface area contributed by atoms with Gasteiger partial charge in [0.05, 0.1) is 0 Å². The number of carbonyl (C=O) groups is 1. The lowest BCUT2D eigenvalue weighted by Crippen LogP contribution is -2.51. The van der Waals surface area contributed by atoms with Crippen LogP contribution in [0.1, 0.15) is 42.6 Å². The molecular formula is C25H33N3O4S. The average Bonchev–Trinajstić information content (AvgIpc) is 2.97. The Kier molecular flexibility index (Phi) is 7.36. The summed E-state index contributed by atoms with van der Waals surface area (Å²) in [6.45, 7) is 5.00. The van der Waals surface area contributed by atoms with Gasteiger partial charge in [-0.15, -0.1) is 0 Å². The van der Waals surface area contributed by atoms with Gasteiger partial charge in [0.25, 0.3) is 5.91 Å². The van der Waals surface area contributed by atoms with Crippen LogP contribution in [-0.4, -0.2) is 67.5 Å². The van der Waals surface area contributed by atoms with E-state index in [1.165, 1.54) is 6.92 Å². The molecule has 0 aromatic heterocycles. The Morgan fingerprint density at radius 1 is 0.970 bits per heavy atom. The molecule has 0 unspecified atom stereocenters. The molecule has 4 rings (SSSR count). The molecule has 7 nitrogen and oxygen atoms in total. The number of amides is 1. The highest BCUT2D eigenvalue weighted by molar-refractivity contribution is 7.89. The molecule has 0 radical (unpaired) electrons. The summed E-state index contributed by atoms with van der Waals surface area (Å²) < 4.78 is 28.6. The summed E-state index contributed by atoms with van der Waals surface area (Å²) in [5, 5.41) is 9.02. The molecule has 2 saturated heterocycles. The zero-order chi connectivity index (χ0) is 23.4. The van der Waals surface area contributed by atoms with E-state index in [9.17, 15) is 18.3 Å². The Balaban J connectivity index is 1.42. The second-order valence-corrected chi connectivity index (χ2v) is 11.0. The summed E-state index contributed by atoms with van der Waals surface area (Å²) in [6, 6.07) is 17.6. The van der Waals surface area contributed by atoms with Crippen LogP contribution in [0.15, 0.2) is 54.6 Å². The molecule has 0 saturated carbocycles. The van der Waals surface area contributed by atoms with Crippen molar-refractivity contribution in [2.45, 2.75) is 44.1 Å². The summed E-state index contributed by atoms with van der Waals surface area (Å²) >= 11 is 0. The lowest BCUT2D eigenvalue weighted by Gasteiger charge is -2.36. The number of aliphatic hydroxyl groups excluding tert-OH is 1. The standard InChI is InChI=1S/C25H33N3O4S/c1-20(29)25(30)27-17-15-26(16-18-27)23-12-10-21(11-13-23)19-28-14-6-5-9-24(33(28,31)32)22-7-3-2-4-8-22/h2-4,7-8,10-13,20,24,29H,5-6,9,14-19H2,1H3/t20-,24+/m1/s1. The maximum atomic E-state index is 13.5. The van der Waals surface area contributed by atoms with Gasteiger partial charge in [-0.1, -0.05) is 48.9 Å². The molecule has 2 atom stereocenters. The predicted octanol–water partition coefficient (Wildman–Crippen LogP) is 2.77. The summed E-state index contributed by atoms with van der Waals surface area (Å²) in [5.74, 6) is -0.225. The molecule has 1 N–H and O–H groups in total. The second kappa shape index (κ2) is 10.2. The lowest BCUT2D eigenvalue weighted by atomic mass is 10.1. The molecular weight excluding hydrogens is 438 g/mol. The number of sulfonamides is 1. The quantitative estimate of drug-likeness (QED) is 0.725. The number of benzene rings is 2. The minimum absolute atomic E-state index is 0.225. The van der Waals surface area contributed by atoms with Crippen molar-refractivity contribution in [3.8, 4) is 0 Å². The highest BCUT2D eigenvalue weighted by Gasteiger charge is 2.35. The minimum atomic E-state index is -3.44. The van der Waals surface area contributed by atoms with Crippen LogP contribution in [0.3, 0.4) is 0 Å². The van der Waals surface area contributed by atoms with E-state index in [2.05, 4.69) is 4.90 Å². The SMILES string of the molecule is C[C@@H](O)C(=O)N1CCN(c2ccc(CN3CCCC[C@@H](c4ccccc4)S3(=O)=O)cc2)CC1. The summed E-state index contributed by atoms with van der Waals surface area (Å²) in [7, 11) is -3.44. The molecule has 2 aliphatic rings. The highest BCUT2D eigenvalue weighted by Crippen LogP contribution is 2.34. The van der Waals surface area contributed by atoms with Gasteiger partial charge in [-0.3, -0.25) is 4.79 Å². The zero-order valence-corrected chi connectivity index (χ0v) is 20.0. The third kappa shape index (κ3) is 5.39. The van der Waals surface area contributed by atoms with Gasteiger partial charge < -0.3 is 14.9 Å². The van der Waals surface area contributed by atoms with Gasteiger partial charge in [-0.25, -0.2) is 8.42 Å². The third-order valence-electron chi connectivity index (χ3n) is 6.62. The van der Waals surface area contributed by atoms with Crippen molar-refractivity contribution in [2.24, 2.45) is 0 Å². The normalized spacial score (nSPS) is 22.5. The molecule has 33 heavy (non-hydrogen) atoms. The van der Waals surface area contributed by atoms with Crippen molar-refractivity contribution in [1.82, 2.24) is 9.21 Å². The Morgan fingerprint density at radius 2 is 1.64 bits per heavy atom. The first-order chi connectivity index (χ1) is 15.9. The van der Waals surface area contributed by atoms with Gasteiger partial charge >= 0.3 is 0 Å². The van der Waals surface area contributed by atoms with Crippen molar-refractivity contribution in [3.63, 3.8) is 0 Å². The molecule has 2 fully saturated rings. The third-order valence-corrected chi connectivity index (χ3v) is 8.88. The Hall–Kier alpha value is -2.42. The zero-order valence-electron chi connectivity index (χ0n) is 19.1. The number of anilines is 1. The van der Waals surface area contributed by atoms with E-state index in [1.807, 2.05) is 54.6 Å². The van der Waals surface area contributed by atoms with Gasteiger partial charge in [0, 0.05) is 45.0 Å². The molecule has 178 valence electrons.